The summed E-state index contributed by atoms with van der Waals surface area (Å²) in [7, 11) is 0. The summed E-state index contributed by atoms with van der Waals surface area (Å²) in [4.78, 5) is 23.8. The van der Waals surface area contributed by atoms with Crippen LogP contribution in [0.3, 0.4) is 0 Å². The van der Waals surface area contributed by atoms with E-state index in [1.165, 1.54) is 0 Å². The molecule has 6 heteroatoms. The van der Waals surface area contributed by atoms with Crippen LogP contribution in [-0.4, -0.2) is 31.1 Å². The van der Waals surface area contributed by atoms with Crippen LogP contribution in [0, 0.1) is 0 Å². The number of rotatable bonds is 7. The van der Waals surface area contributed by atoms with Gasteiger partial charge >= 0.3 is 0 Å². The molecule has 1 saturated heterocycles. The van der Waals surface area contributed by atoms with Crippen molar-refractivity contribution in [1.29, 1.82) is 0 Å². The van der Waals surface area contributed by atoms with Crippen molar-refractivity contribution in [2.75, 3.05) is 18.5 Å². The predicted octanol–water partition coefficient (Wildman–Crippen LogP) is 3.10. The highest BCUT2D eigenvalue weighted by Crippen LogP contribution is 2.22. The molecule has 2 aromatic carbocycles. The number of carbonyl (C=O) groups is 2. The second-order valence-corrected chi connectivity index (χ2v) is 6.10. The smallest absolute Gasteiger partial charge is 0.233 e. The van der Waals surface area contributed by atoms with E-state index in [9.17, 15) is 9.59 Å². The van der Waals surface area contributed by atoms with E-state index < -0.39 is 0 Å². The van der Waals surface area contributed by atoms with Crippen LogP contribution in [0.15, 0.2) is 54.6 Å². The Bertz CT molecular complexity index is 725. The normalized spacial score (nSPS) is 16.1. The molecule has 2 amide bonds. The lowest BCUT2D eigenvalue weighted by Gasteiger charge is -2.11. The summed E-state index contributed by atoms with van der Waals surface area (Å²) in [5.41, 5.74) is 0.613. The van der Waals surface area contributed by atoms with Gasteiger partial charge in [0.15, 0.2) is 0 Å². The quantitative estimate of drug-likeness (QED) is 0.749. The van der Waals surface area contributed by atoms with Gasteiger partial charge in [-0.15, -0.1) is 0 Å². The summed E-state index contributed by atoms with van der Waals surface area (Å²) in [5.74, 6) is 0.754. The van der Waals surface area contributed by atoms with Crippen LogP contribution in [0.2, 0.25) is 0 Å². The average Bonchev–Trinajstić information content (AvgIpc) is 3.16. The van der Waals surface area contributed by atoms with Crippen LogP contribution in [0.1, 0.15) is 19.3 Å². The fourth-order valence-corrected chi connectivity index (χ4v) is 2.68. The van der Waals surface area contributed by atoms with Crippen molar-refractivity contribution in [3.8, 4) is 11.5 Å². The Kier molecular flexibility index (Phi) is 6.22. The van der Waals surface area contributed by atoms with Crippen LogP contribution < -0.4 is 15.4 Å². The van der Waals surface area contributed by atoms with Crippen molar-refractivity contribution in [3.05, 3.63) is 54.6 Å². The molecule has 1 unspecified atom stereocenters. The third kappa shape index (κ3) is 5.60. The van der Waals surface area contributed by atoms with Crippen molar-refractivity contribution in [1.82, 2.24) is 5.32 Å². The Balaban J connectivity index is 1.42. The van der Waals surface area contributed by atoms with E-state index in [1.54, 1.807) is 24.3 Å². The van der Waals surface area contributed by atoms with Crippen molar-refractivity contribution >= 4 is 17.5 Å². The molecule has 1 atom stereocenters. The minimum Gasteiger partial charge on any atom is -0.457 e. The van der Waals surface area contributed by atoms with Gasteiger partial charge in [-0.05, 0) is 49.2 Å². The molecule has 26 heavy (non-hydrogen) atoms. The van der Waals surface area contributed by atoms with E-state index in [2.05, 4.69) is 10.6 Å². The molecule has 1 aliphatic heterocycles. The number of amides is 2. The third-order valence-corrected chi connectivity index (χ3v) is 3.99. The zero-order valence-corrected chi connectivity index (χ0v) is 14.4. The Morgan fingerprint density at radius 1 is 1.00 bits per heavy atom. The Morgan fingerprint density at radius 3 is 2.42 bits per heavy atom. The maximum atomic E-state index is 12.0. The number of para-hydroxylation sites is 1. The maximum Gasteiger partial charge on any atom is 0.233 e. The van der Waals surface area contributed by atoms with Gasteiger partial charge in [0.25, 0.3) is 0 Å². The third-order valence-electron chi connectivity index (χ3n) is 3.99. The van der Waals surface area contributed by atoms with Crippen molar-refractivity contribution in [2.24, 2.45) is 0 Å². The second-order valence-electron chi connectivity index (χ2n) is 6.10. The molecule has 0 aliphatic carbocycles. The van der Waals surface area contributed by atoms with Gasteiger partial charge in [0.05, 0.1) is 6.10 Å². The molecule has 2 aromatic rings. The van der Waals surface area contributed by atoms with E-state index in [4.69, 9.17) is 9.47 Å². The molecule has 0 bridgehead atoms. The highest BCUT2D eigenvalue weighted by molar-refractivity contribution is 6.03. The second kappa shape index (κ2) is 9.01. The topological polar surface area (TPSA) is 76.7 Å². The largest absolute Gasteiger partial charge is 0.457 e. The zero-order chi connectivity index (χ0) is 18.2. The first kappa shape index (κ1) is 17.9. The minimum atomic E-state index is -0.355. The van der Waals surface area contributed by atoms with E-state index in [0.29, 0.717) is 18.0 Å². The number of anilines is 1. The molecule has 0 aromatic heterocycles. The Morgan fingerprint density at radius 2 is 1.73 bits per heavy atom. The Labute approximate surface area is 152 Å². The summed E-state index contributed by atoms with van der Waals surface area (Å²) < 4.78 is 11.1. The van der Waals surface area contributed by atoms with Crippen molar-refractivity contribution in [3.63, 3.8) is 0 Å². The molecule has 0 saturated carbocycles. The number of nitrogens with one attached hydrogen (secondary N) is 2. The number of hydrogen-bond donors (Lipinski definition) is 2. The molecular formula is C20H22N2O4. The molecule has 6 nitrogen and oxygen atoms in total. The summed E-state index contributed by atoms with van der Waals surface area (Å²) in [5, 5.41) is 5.44. The first-order valence-corrected chi connectivity index (χ1v) is 8.70. The lowest BCUT2D eigenvalue weighted by Crippen LogP contribution is -2.34. The van der Waals surface area contributed by atoms with Crippen molar-refractivity contribution in [2.45, 2.75) is 25.4 Å². The molecule has 0 radical (unpaired) electrons. The zero-order valence-electron chi connectivity index (χ0n) is 14.4. The fourth-order valence-electron chi connectivity index (χ4n) is 2.68. The van der Waals surface area contributed by atoms with Crippen LogP contribution in [0.5, 0.6) is 11.5 Å². The van der Waals surface area contributed by atoms with Gasteiger partial charge in [-0.3, -0.25) is 9.59 Å². The summed E-state index contributed by atoms with van der Waals surface area (Å²) >= 11 is 0. The van der Waals surface area contributed by atoms with E-state index in [1.807, 2.05) is 30.3 Å². The number of carbonyl (C=O) groups excluding carboxylic acids is 2. The first-order valence-electron chi connectivity index (χ1n) is 8.70. The van der Waals surface area contributed by atoms with Crippen LogP contribution in [0.25, 0.3) is 0 Å². The molecule has 1 heterocycles. The summed E-state index contributed by atoms with van der Waals surface area (Å²) in [6, 6.07) is 16.4. The van der Waals surface area contributed by atoms with E-state index in [0.717, 1.165) is 25.2 Å². The SMILES string of the molecule is O=C(CC(=O)Nc1ccc(Oc2ccccc2)cc1)NCC1CCCO1. The number of ether oxygens (including phenoxy) is 2. The number of benzene rings is 2. The standard InChI is InChI=1S/C20H22N2O4/c23-19(21-14-18-7-4-12-25-18)13-20(24)22-15-8-10-17(11-9-15)26-16-5-2-1-3-6-16/h1-3,5-6,8-11,18H,4,7,12-14H2,(H,21,23)(H,22,24). The van der Waals surface area contributed by atoms with Crippen LogP contribution in [-0.2, 0) is 14.3 Å². The first-order chi connectivity index (χ1) is 12.7. The lowest BCUT2D eigenvalue weighted by molar-refractivity contribution is -0.127. The van der Waals surface area contributed by atoms with Gasteiger partial charge in [0.1, 0.15) is 17.9 Å². The van der Waals surface area contributed by atoms with Crippen molar-refractivity contribution < 1.29 is 19.1 Å². The monoisotopic (exact) mass is 354 g/mol. The van der Waals surface area contributed by atoms with E-state index in [-0.39, 0.29) is 24.3 Å². The predicted molar refractivity (Wildman–Crippen MR) is 98.2 cm³/mol. The maximum absolute atomic E-state index is 12.0. The van der Waals surface area contributed by atoms with E-state index >= 15 is 0 Å². The van der Waals surface area contributed by atoms with Gasteiger partial charge < -0.3 is 20.1 Å². The summed E-state index contributed by atoms with van der Waals surface area (Å²) in [6.45, 7) is 1.20. The minimum absolute atomic E-state index is 0.0687. The molecule has 1 fully saturated rings. The molecule has 3 rings (SSSR count). The molecule has 1 aliphatic rings. The van der Waals surface area contributed by atoms with Gasteiger partial charge in [-0.1, -0.05) is 18.2 Å². The summed E-state index contributed by atoms with van der Waals surface area (Å²) in [6.07, 6.45) is 1.82. The van der Waals surface area contributed by atoms with Gasteiger partial charge in [0, 0.05) is 18.8 Å². The average molecular weight is 354 g/mol. The number of hydrogen-bond acceptors (Lipinski definition) is 4. The highest BCUT2D eigenvalue weighted by atomic mass is 16.5. The van der Waals surface area contributed by atoms with Gasteiger partial charge in [-0.25, -0.2) is 0 Å². The van der Waals surface area contributed by atoms with Gasteiger partial charge in [0.2, 0.25) is 11.8 Å². The lowest BCUT2D eigenvalue weighted by atomic mass is 10.2. The van der Waals surface area contributed by atoms with Gasteiger partial charge in [-0.2, -0.15) is 0 Å². The highest BCUT2D eigenvalue weighted by Gasteiger charge is 2.17. The Hall–Kier alpha value is -2.86. The molecule has 136 valence electrons. The van der Waals surface area contributed by atoms with Crippen LogP contribution >= 0.6 is 0 Å². The molecule has 0 spiro atoms. The van der Waals surface area contributed by atoms with Crippen LogP contribution in [0.4, 0.5) is 5.69 Å². The molecular weight excluding hydrogens is 332 g/mol. The molecule has 2 N–H and O–H groups in total. The fraction of sp³-hybridized carbons (Fsp3) is 0.300.